The van der Waals surface area contributed by atoms with Gasteiger partial charge < -0.3 is 17.7 Å². The van der Waals surface area contributed by atoms with Crippen molar-refractivity contribution in [3.05, 3.63) is 376 Å². The van der Waals surface area contributed by atoms with Gasteiger partial charge in [0.25, 0.3) is 0 Å². The highest BCUT2D eigenvalue weighted by Crippen LogP contribution is 2.46. The molecule has 8 heteroatoms. The van der Waals surface area contributed by atoms with E-state index < -0.39 is 0 Å². The maximum absolute atomic E-state index is 6.98. The number of benzene rings is 16. The van der Waals surface area contributed by atoms with Crippen molar-refractivity contribution in [3.8, 4) is 146 Å². The van der Waals surface area contributed by atoms with E-state index in [1.807, 2.05) is 72.8 Å². The minimum Gasteiger partial charge on any atom is -0.456 e. The first-order valence-corrected chi connectivity index (χ1v) is 37.7. The number of rotatable bonds is 13. The zero-order valence-electron chi connectivity index (χ0n) is 60.2. The van der Waals surface area contributed by atoms with Gasteiger partial charge in [-0.1, -0.05) is 279 Å². The molecular weight excluding hydrogens is 1370 g/mol. The second-order valence-corrected chi connectivity index (χ2v) is 28.7. The molecule has 16 aromatic carbocycles. The molecule has 0 spiro atoms. The van der Waals surface area contributed by atoms with Gasteiger partial charge in [0.05, 0.1) is 22.8 Å². The molecule has 522 valence electrons. The summed E-state index contributed by atoms with van der Waals surface area (Å²) in [5.41, 5.74) is 30.4. The fourth-order valence-corrected chi connectivity index (χ4v) is 16.3. The van der Waals surface area contributed by atoms with Gasteiger partial charge in [-0.15, -0.1) is 0 Å². The van der Waals surface area contributed by atoms with Crippen molar-refractivity contribution in [1.29, 1.82) is 0 Å². The first kappa shape index (κ1) is 64.1. The van der Waals surface area contributed by atoms with E-state index in [-0.39, 0.29) is 0 Å². The minimum atomic E-state index is 0.639. The highest BCUT2D eigenvalue weighted by Gasteiger charge is 2.23. The Morgan fingerprint density at radius 2 is 0.473 bits per heavy atom. The van der Waals surface area contributed by atoms with Crippen LogP contribution in [0.4, 0.5) is 0 Å². The van der Waals surface area contributed by atoms with Crippen molar-refractivity contribution in [3.63, 3.8) is 0 Å². The Morgan fingerprint density at radius 1 is 0.143 bits per heavy atom. The molecule has 6 heterocycles. The van der Waals surface area contributed by atoms with Gasteiger partial charge in [-0.2, -0.15) is 0 Å². The van der Waals surface area contributed by atoms with Gasteiger partial charge in [0.15, 0.2) is 11.6 Å². The molecule has 22 rings (SSSR count). The van der Waals surface area contributed by atoms with Crippen LogP contribution >= 0.6 is 0 Å². The van der Waals surface area contributed by atoms with Crippen molar-refractivity contribution in [2.45, 2.75) is 0 Å². The van der Waals surface area contributed by atoms with Crippen LogP contribution in [0.25, 0.3) is 233 Å². The predicted molar refractivity (Wildman–Crippen MR) is 457 cm³/mol. The molecule has 112 heavy (non-hydrogen) atoms. The van der Waals surface area contributed by atoms with E-state index in [1.54, 1.807) is 0 Å². The standard InChI is InChI=1S/C104H62N4O4/c1-5-18-63(19-6-1)65-32-36-67(37-33-65)91-61-93(107-103(105-91)69-22-9-3-10-23-69)80-48-41-71(73-43-50-97-87(56-73)81-26-13-15-30-95(81)109-97)54-85(80)76-46-53-99-89(59-76)83-49-42-77(60-101(83)111-99)79-28-17-29-84-90-57-74(44-51-100(90)112-102(79)84)72-40-47-78(75-45-52-98-88(58-75)82-27-14-16-31-96(82)110-98)86(55-72)94-62-92(106-104(108-94)70-24-11-4-12-25-70)68-38-34-66(35-39-68)64-20-7-2-8-21-64/h1-62H. The summed E-state index contributed by atoms with van der Waals surface area (Å²) < 4.78 is 26.6. The number of nitrogens with zero attached hydrogens (tertiary/aromatic N) is 4. The molecule has 0 fully saturated rings. The van der Waals surface area contributed by atoms with Crippen molar-refractivity contribution in [2.24, 2.45) is 0 Å². The third kappa shape index (κ3) is 11.3. The van der Waals surface area contributed by atoms with Crippen LogP contribution in [-0.2, 0) is 0 Å². The van der Waals surface area contributed by atoms with Crippen LogP contribution in [0.2, 0.25) is 0 Å². The normalized spacial score (nSPS) is 11.8. The lowest BCUT2D eigenvalue weighted by atomic mass is 9.91. The maximum atomic E-state index is 6.98. The molecule has 0 amide bonds. The molecule has 0 radical (unpaired) electrons. The Balaban J connectivity index is 0.646. The van der Waals surface area contributed by atoms with Crippen LogP contribution in [0.1, 0.15) is 0 Å². The van der Waals surface area contributed by atoms with Crippen molar-refractivity contribution >= 4 is 87.8 Å². The van der Waals surface area contributed by atoms with Crippen LogP contribution in [0, 0.1) is 0 Å². The van der Waals surface area contributed by atoms with Crippen LogP contribution in [0.15, 0.2) is 394 Å². The van der Waals surface area contributed by atoms with E-state index in [2.05, 4.69) is 303 Å². The van der Waals surface area contributed by atoms with Gasteiger partial charge in [-0.25, -0.2) is 19.9 Å². The largest absolute Gasteiger partial charge is 0.456 e. The molecule has 0 saturated carbocycles. The molecule has 0 N–H and O–H groups in total. The third-order valence-electron chi connectivity index (χ3n) is 22.0. The van der Waals surface area contributed by atoms with Gasteiger partial charge in [0.1, 0.15) is 44.7 Å². The number of para-hydroxylation sites is 3. The van der Waals surface area contributed by atoms with Crippen LogP contribution in [0.3, 0.4) is 0 Å². The first-order chi connectivity index (χ1) is 55.4. The minimum absolute atomic E-state index is 0.639. The Kier molecular flexibility index (Phi) is 15.1. The van der Waals surface area contributed by atoms with E-state index in [0.29, 0.717) is 11.6 Å². The Morgan fingerprint density at radius 3 is 1.01 bits per heavy atom. The summed E-state index contributed by atoms with van der Waals surface area (Å²) in [6.07, 6.45) is 0. The SMILES string of the molecule is c1ccc(-c2ccc(-c3cc(-c4ccc(-c5ccc6oc7ccccc7c6c5)cc4-c4ccc5oc6cc(-c7cccc8c7oc7ccc(-c9ccc(-c%10ccc%11oc%12ccccc%12c%11c%10)c(-c%10cc(-c%11ccc(-c%12ccccc%12)cc%11)nc(-c%11ccccc%11)n%10)c9)cc78)ccc6c5c4)nc(-c4ccccc4)n3)cc2)cc1. The van der Waals surface area contributed by atoms with E-state index in [4.69, 9.17) is 37.6 Å². The average Bonchev–Trinajstić information content (AvgIpc) is 1.52. The summed E-state index contributed by atoms with van der Waals surface area (Å²) in [5.74, 6) is 1.28. The smallest absolute Gasteiger partial charge is 0.160 e. The Hall–Kier alpha value is -15.1. The highest BCUT2D eigenvalue weighted by atomic mass is 16.3. The van der Waals surface area contributed by atoms with E-state index in [1.165, 1.54) is 0 Å². The fraction of sp³-hybridized carbons (Fsp3) is 0. The molecule has 8 nitrogen and oxygen atoms in total. The lowest BCUT2D eigenvalue weighted by Crippen LogP contribution is -1.97. The number of fused-ring (bicyclic) bond motifs is 12. The van der Waals surface area contributed by atoms with Crippen LogP contribution in [-0.4, -0.2) is 19.9 Å². The van der Waals surface area contributed by atoms with E-state index >= 15 is 0 Å². The van der Waals surface area contributed by atoms with E-state index in [0.717, 1.165) is 222 Å². The molecule has 22 aromatic rings. The molecule has 6 aromatic heterocycles. The van der Waals surface area contributed by atoms with Crippen LogP contribution < -0.4 is 0 Å². The monoisotopic (exact) mass is 1430 g/mol. The van der Waals surface area contributed by atoms with Gasteiger partial charge in [-0.05, 0) is 169 Å². The number of hydrogen-bond donors (Lipinski definition) is 0. The molecule has 0 bridgehead atoms. The van der Waals surface area contributed by atoms with Gasteiger partial charge in [-0.3, -0.25) is 0 Å². The van der Waals surface area contributed by atoms with Crippen molar-refractivity contribution < 1.29 is 17.7 Å². The molecule has 0 aliphatic rings. The van der Waals surface area contributed by atoms with Gasteiger partial charge in [0.2, 0.25) is 0 Å². The molecule has 0 atom stereocenters. The topological polar surface area (TPSA) is 104 Å². The zero-order valence-corrected chi connectivity index (χ0v) is 60.2. The predicted octanol–water partition coefficient (Wildman–Crippen LogP) is 28.5. The number of furan rings is 4. The number of hydrogen-bond acceptors (Lipinski definition) is 8. The third-order valence-corrected chi connectivity index (χ3v) is 22.0. The Labute approximate surface area is 643 Å². The molecular formula is C104H62N4O4. The summed E-state index contributed by atoms with van der Waals surface area (Å²) in [6, 6.07) is 132. The molecule has 0 aliphatic carbocycles. The second kappa shape index (κ2) is 26.4. The fourth-order valence-electron chi connectivity index (χ4n) is 16.3. The number of aromatic nitrogens is 4. The van der Waals surface area contributed by atoms with Crippen molar-refractivity contribution in [1.82, 2.24) is 19.9 Å². The lowest BCUT2D eigenvalue weighted by molar-refractivity contribution is 0.668. The molecule has 0 saturated heterocycles. The lowest BCUT2D eigenvalue weighted by Gasteiger charge is -2.15. The Bertz CT molecular complexity index is 7470. The summed E-state index contributed by atoms with van der Waals surface area (Å²) in [6.45, 7) is 0. The highest BCUT2D eigenvalue weighted by molar-refractivity contribution is 6.14. The van der Waals surface area contributed by atoms with E-state index in [9.17, 15) is 0 Å². The average molecular weight is 1430 g/mol. The van der Waals surface area contributed by atoms with Gasteiger partial charge >= 0.3 is 0 Å². The molecule has 0 unspecified atom stereocenters. The first-order valence-electron chi connectivity index (χ1n) is 37.7. The second-order valence-electron chi connectivity index (χ2n) is 28.7. The van der Waals surface area contributed by atoms with Gasteiger partial charge in [0, 0.05) is 82.0 Å². The summed E-state index contributed by atoms with van der Waals surface area (Å²) in [5, 5.41) is 8.29. The van der Waals surface area contributed by atoms with Crippen molar-refractivity contribution in [2.75, 3.05) is 0 Å². The summed E-state index contributed by atoms with van der Waals surface area (Å²) in [4.78, 5) is 21.5. The molecule has 0 aliphatic heterocycles. The summed E-state index contributed by atoms with van der Waals surface area (Å²) >= 11 is 0. The summed E-state index contributed by atoms with van der Waals surface area (Å²) in [7, 11) is 0. The maximum Gasteiger partial charge on any atom is 0.160 e. The quantitative estimate of drug-likeness (QED) is 0.112. The zero-order chi connectivity index (χ0) is 73.7. The van der Waals surface area contributed by atoms with Crippen LogP contribution in [0.5, 0.6) is 0 Å².